The van der Waals surface area contributed by atoms with E-state index in [0.717, 1.165) is 11.1 Å². The van der Waals surface area contributed by atoms with Gasteiger partial charge in [0.25, 0.3) is 11.8 Å². The standard InChI is InChI=1S/C22H18N4O4/c1-28-18-11-8-15(13-19(18)29-2)20-25-22(30-26-20)14-6-9-16(10-7-14)24-21(27)17-5-3-4-12-23-17/h3-13H,1-2H3,(H,24,27). The molecule has 4 aromatic rings. The number of hydrogen-bond acceptors (Lipinski definition) is 7. The van der Waals surface area contributed by atoms with Crippen molar-refractivity contribution in [3.63, 3.8) is 0 Å². The molecule has 0 atom stereocenters. The zero-order valence-corrected chi connectivity index (χ0v) is 16.3. The third-order valence-electron chi connectivity index (χ3n) is 4.36. The van der Waals surface area contributed by atoms with Crippen molar-refractivity contribution in [2.45, 2.75) is 0 Å². The molecular weight excluding hydrogens is 384 g/mol. The van der Waals surface area contributed by atoms with Gasteiger partial charge in [0.2, 0.25) is 5.82 Å². The number of nitrogens with one attached hydrogen (secondary N) is 1. The van der Waals surface area contributed by atoms with Crippen LogP contribution in [0.25, 0.3) is 22.8 Å². The molecule has 0 fully saturated rings. The first-order chi connectivity index (χ1) is 14.7. The summed E-state index contributed by atoms with van der Waals surface area (Å²) in [5, 5.41) is 6.84. The van der Waals surface area contributed by atoms with Crippen LogP contribution in [0.5, 0.6) is 11.5 Å². The van der Waals surface area contributed by atoms with Crippen molar-refractivity contribution in [2.75, 3.05) is 19.5 Å². The number of methoxy groups -OCH3 is 2. The Morgan fingerprint density at radius 2 is 1.70 bits per heavy atom. The highest BCUT2D eigenvalue weighted by atomic mass is 16.5. The lowest BCUT2D eigenvalue weighted by Gasteiger charge is -2.07. The van der Waals surface area contributed by atoms with Gasteiger partial charge in [-0.3, -0.25) is 9.78 Å². The lowest BCUT2D eigenvalue weighted by atomic mass is 10.2. The third kappa shape index (κ3) is 3.97. The van der Waals surface area contributed by atoms with Crippen LogP contribution < -0.4 is 14.8 Å². The van der Waals surface area contributed by atoms with Gasteiger partial charge in [0.15, 0.2) is 11.5 Å². The Bertz CT molecular complexity index is 1160. The minimum atomic E-state index is -0.281. The Hall–Kier alpha value is -4.20. The number of benzene rings is 2. The molecule has 30 heavy (non-hydrogen) atoms. The smallest absolute Gasteiger partial charge is 0.274 e. The van der Waals surface area contributed by atoms with Crippen molar-refractivity contribution in [3.8, 4) is 34.3 Å². The molecule has 0 aliphatic carbocycles. The summed E-state index contributed by atoms with van der Waals surface area (Å²) in [6, 6.07) is 17.7. The zero-order valence-electron chi connectivity index (χ0n) is 16.3. The molecule has 150 valence electrons. The number of ether oxygens (including phenoxy) is 2. The first kappa shape index (κ1) is 19.1. The Morgan fingerprint density at radius 3 is 2.40 bits per heavy atom. The van der Waals surface area contributed by atoms with Crippen molar-refractivity contribution < 1.29 is 18.8 Å². The molecule has 0 bridgehead atoms. The monoisotopic (exact) mass is 402 g/mol. The van der Waals surface area contributed by atoms with Gasteiger partial charge in [0, 0.05) is 23.0 Å². The number of carbonyl (C=O) groups excluding carboxylic acids is 1. The molecule has 1 N–H and O–H groups in total. The first-order valence-electron chi connectivity index (χ1n) is 9.07. The van der Waals surface area contributed by atoms with Gasteiger partial charge in [-0.1, -0.05) is 11.2 Å². The molecule has 1 amide bonds. The summed E-state index contributed by atoms with van der Waals surface area (Å²) < 4.78 is 16.0. The normalized spacial score (nSPS) is 10.5. The fraction of sp³-hybridized carbons (Fsp3) is 0.0909. The zero-order chi connectivity index (χ0) is 20.9. The van der Waals surface area contributed by atoms with E-state index in [9.17, 15) is 4.79 Å². The van der Waals surface area contributed by atoms with Crippen LogP contribution >= 0.6 is 0 Å². The van der Waals surface area contributed by atoms with Crippen molar-refractivity contribution >= 4 is 11.6 Å². The van der Waals surface area contributed by atoms with Gasteiger partial charge in [0.05, 0.1) is 14.2 Å². The van der Waals surface area contributed by atoms with E-state index in [1.165, 1.54) is 0 Å². The molecule has 2 aromatic carbocycles. The number of amides is 1. The van der Waals surface area contributed by atoms with E-state index in [2.05, 4.69) is 20.4 Å². The third-order valence-corrected chi connectivity index (χ3v) is 4.36. The predicted molar refractivity (Wildman–Crippen MR) is 110 cm³/mol. The quantitative estimate of drug-likeness (QED) is 0.519. The van der Waals surface area contributed by atoms with Crippen LogP contribution in [0.3, 0.4) is 0 Å². The van der Waals surface area contributed by atoms with E-state index in [4.69, 9.17) is 14.0 Å². The minimum absolute atomic E-state index is 0.281. The molecule has 0 saturated heterocycles. The number of nitrogens with zero attached hydrogens (tertiary/aromatic N) is 3. The number of anilines is 1. The van der Waals surface area contributed by atoms with Crippen molar-refractivity contribution in [1.29, 1.82) is 0 Å². The fourth-order valence-electron chi connectivity index (χ4n) is 2.82. The predicted octanol–water partition coefficient (Wildman–Crippen LogP) is 4.07. The molecule has 0 aliphatic heterocycles. The molecule has 0 saturated carbocycles. The van der Waals surface area contributed by atoms with Crippen LogP contribution in [-0.2, 0) is 0 Å². The number of carbonyl (C=O) groups is 1. The van der Waals surface area contributed by atoms with Gasteiger partial charge < -0.3 is 19.3 Å². The molecule has 4 rings (SSSR count). The Kier molecular flexibility index (Phi) is 5.38. The van der Waals surface area contributed by atoms with Crippen molar-refractivity contribution in [2.24, 2.45) is 0 Å². The van der Waals surface area contributed by atoms with E-state index < -0.39 is 0 Å². The molecule has 2 aromatic heterocycles. The van der Waals surface area contributed by atoms with E-state index >= 15 is 0 Å². The van der Waals surface area contributed by atoms with E-state index in [1.807, 2.05) is 6.07 Å². The van der Waals surface area contributed by atoms with Gasteiger partial charge in [0.1, 0.15) is 5.69 Å². The van der Waals surface area contributed by atoms with Crippen LogP contribution in [0.4, 0.5) is 5.69 Å². The second-order valence-corrected chi connectivity index (χ2v) is 6.24. The summed E-state index contributed by atoms with van der Waals surface area (Å²) in [5.74, 6) is 1.71. The molecule has 0 radical (unpaired) electrons. The second kappa shape index (κ2) is 8.44. The summed E-state index contributed by atoms with van der Waals surface area (Å²) in [4.78, 5) is 20.7. The minimum Gasteiger partial charge on any atom is -0.493 e. The summed E-state index contributed by atoms with van der Waals surface area (Å²) in [6.45, 7) is 0. The van der Waals surface area contributed by atoms with Crippen LogP contribution in [0.15, 0.2) is 71.4 Å². The van der Waals surface area contributed by atoms with Gasteiger partial charge in [-0.05, 0) is 54.6 Å². The van der Waals surface area contributed by atoms with Crippen LogP contribution in [-0.4, -0.2) is 35.3 Å². The second-order valence-electron chi connectivity index (χ2n) is 6.24. The highest BCUT2D eigenvalue weighted by Gasteiger charge is 2.14. The van der Waals surface area contributed by atoms with E-state index in [1.54, 1.807) is 75.0 Å². The molecule has 2 heterocycles. The lowest BCUT2D eigenvalue weighted by molar-refractivity contribution is 0.102. The van der Waals surface area contributed by atoms with Crippen LogP contribution in [0, 0.1) is 0 Å². The summed E-state index contributed by atoms with van der Waals surface area (Å²) in [7, 11) is 3.14. The van der Waals surface area contributed by atoms with Crippen molar-refractivity contribution in [3.05, 3.63) is 72.6 Å². The number of pyridine rings is 1. The summed E-state index contributed by atoms with van der Waals surface area (Å²) >= 11 is 0. The SMILES string of the molecule is COc1ccc(-c2noc(-c3ccc(NC(=O)c4ccccn4)cc3)n2)cc1OC. The van der Waals surface area contributed by atoms with Crippen molar-refractivity contribution in [1.82, 2.24) is 15.1 Å². The van der Waals surface area contributed by atoms with Crippen LogP contribution in [0.2, 0.25) is 0 Å². The topological polar surface area (TPSA) is 99.4 Å². The van der Waals surface area contributed by atoms with E-state index in [-0.39, 0.29) is 5.91 Å². The van der Waals surface area contributed by atoms with Gasteiger partial charge in [-0.25, -0.2) is 0 Å². The average Bonchev–Trinajstić information content (AvgIpc) is 3.30. The maximum absolute atomic E-state index is 12.2. The Morgan fingerprint density at radius 1 is 0.933 bits per heavy atom. The summed E-state index contributed by atoms with van der Waals surface area (Å²) in [6.07, 6.45) is 1.57. The molecule has 0 spiro atoms. The molecule has 0 aliphatic rings. The molecular formula is C22H18N4O4. The average molecular weight is 402 g/mol. The number of hydrogen-bond donors (Lipinski definition) is 1. The van der Waals surface area contributed by atoms with Crippen LogP contribution in [0.1, 0.15) is 10.5 Å². The van der Waals surface area contributed by atoms with Gasteiger partial charge >= 0.3 is 0 Å². The largest absolute Gasteiger partial charge is 0.493 e. The van der Waals surface area contributed by atoms with Gasteiger partial charge in [-0.15, -0.1) is 0 Å². The highest BCUT2D eigenvalue weighted by Crippen LogP contribution is 2.32. The highest BCUT2D eigenvalue weighted by molar-refractivity contribution is 6.02. The summed E-state index contributed by atoms with van der Waals surface area (Å²) in [5.41, 5.74) is 2.44. The fourth-order valence-corrected chi connectivity index (χ4v) is 2.82. The Labute approximate surface area is 172 Å². The molecule has 8 nitrogen and oxygen atoms in total. The number of aromatic nitrogens is 3. The maximum Gasteiger partial charge on any atom is 0.274 e. The number of rotatable bonds is 6. The maximum atomic E-state index is 12.2. The molecule has 0 unspecified atom stereocenters. The molecule has 8 heteroatoms. The Balaban J connectivity index is 1.51. The first-order valence-corrected chi connectivity index (χ1v) is 9.07. The van der Waals surface area contributed by atoms with E-state index in [0.29, 0.717) is 34.6 Å². The lowest BCUT2D eigenvalue weighted by Crippen LogP contribution is -2.13. The van der Waals surface area contributed by atoms with Gasteiger partial charge in [-0.2, -0.15) is 4.98 Å².